The Morgan fingerprint density at radius 3 is 2.81 bits per heavy atom. The first-order chi connectivity index (χ1) is 10.1. The lowest BCUT2D eigenvalue weighted by molar-refractivity contribution is -0.118. The molecule has 0 aromatic heterocycles. The lowest BCUT2D eigenvalue weighted by atomic mass is 10.0. The van der Waals surface area contributed by atoms with Crippen LogP contribution in [0.2, 0.25) is 10.0 Å². The van der Waals surface area contributed by atoms with Crippen LogP contribution in [0.1, 0.15) is 16.5 Å². The molecule has 1 N–H and O–H groups in total. The minimum absolute atomic E-state index is 0.0246. The van der Waals surface area contributed by atoms with Crippen LogP contribution in [0.5, 0.6) is 5.75 Å². The van der Waals surface area contributed by atoms with Crippen LogP contribution in [0.25, 0.3) is 0 Å². The number of carbonyl (C=O) groups excluding carboxylic acids is 1. The molecular weight excluding hydrogens is 333 g/mol. The van der Waals surface area contributed by atoms with Crippen LogP contribution in [0.3, 0.4) is 0 Å². The lowest BCUT2D eigenvalue weighted by Crippen LogP contribution is -2.25. The van der Waals surface area contributed by atoms with E-state index < -0.39 is 5.38 Å². The molecule has 0 spiro atoms. The highest BCUT2D eigenvalue weighted by Gasteiger charge is 2.20. The smallest absolute Gasteiger partial charge is 0.262 e. The van der Waals surface area contributed by atoms with Gasteiger partial charge in [0.25, 0.3) is 5.91 Å². The van der Waals surface area contributed by atoms with Crippen LogP contribution in [-0.4, -0.2) is 12.5 Å². The normalized spacial score (nSPS) is 14.9. The molecular formula is C15H10Cl3NO2. The standard InChI is InChI=1S/C15H10Cl3NO2/c16-10-3-1-2-9(15(10)18)14(17)8-4-5-12-11(6-8)19-13(20)7-21-12/h1-6,14H,7H2,(H,19,20). The molecule has 21 heavy (non-hydrogen) atoms. The second kappa shape index (κ2) is 5.76. The number of hydrogen-bond acceptors (Lipinski definition) is 2. The monoisotopic (exact) mass is 341 g/mol. The third-order valence-corrected chi connectivity index (χ3v) is 4.50. The Balaban J connectivity index is 1.98. The number of ether oxygens (including phenoxy) is 1. The number of alkyl halides is 1. The Morgan fingerprint density at radius 1 is 1.19 bits per heavy atom. The van der Waals surface area contributed by atoms with E-state index in [0.29, 0.717) is 27.0 Å². The maximum Gasteiger partial charge on any atom is 0.262 e. The number of carbonyl (C=O) groups is 1. The van der Waals surface area contributed by atoms with E-state index in [9.17, 15) is 4.79 Å². The average molecular weight is 343 g/mol. The first-order valence-electron chi connectivity index (χ1n) is 6.21. The number of rotatable bonds is 2. The summed E-state index contributed by atoms with van der Waals surface area (Å²) in [7, 11) is 0. The molecule has 0 fully saturated rings. The van der Waals surface area contributed by atoms with Crippen molar-refractivity contribution in [3.63, 3.8) is 0 Å². The van der Waals surface area contributed by atoms with E-state index in [1.807, 2.05) is 12.1 Å². The van der Waals surface area contributed by atoms with Gasteiger partial charge < -0.3 is 10.1 Å². The highest BCUT2D eigenvalue weighted by molar-refractivity contribution is 6.43. The first-order valence-corrected chi connectivity index (χ1v) is 7.40. The molecule has 1 atom stereocenters. The molecule has 2 aromatic rings. The summed E-state index contributed by atoms with van der Waals surface area (Å²) in [5.41, 5.74) is 2.12. The maximum absolute atomic E-state index is 11.4. The number of nitrogens with one attached hydrogen (secondary N) is 1. The first kappa shape index (κ1) is 14.5. The van der Waals surface area contributed by atoms with Crippen LogP contribution >= 0.6 is 34.8 Å². The van der Waals surface area contributed by atoms with Crippen LogP contribution in [0, 0.1) is 0 Å². The molecule has 1 amide bonds. The van der Waals surface area contributed by atoms with E-state index in [2.05, 4.69) is 5.32 Å². The van der Waals surface area contributed by atoms with Gasteiger partial charge in [-0.2, -0.15) is 0 Å². The van der Waals surface area contributed by atoms with Gasteiger partial charge in [0.2, 0.25) is 0 Å². The van der Waals surface area contributed by atoms with Gasteiger partial charge in [0.05, 0.1) is 21.1 Å². The fourth-order valence-corrected chi connectivity index (χ4v) is 2.94. The van der Waals surface area contributed by atoms with Crippen molar-refractivity contribution in [1.29, 1.82) is 0 Å². The highest BCUT2D eigenvalue weighted by atomic mass is 35.5. The Kier molecular flexibility index (Phi) is 3.98. The minimum atomic E-state index is -0.472. The van der Waals surface area contributed by atoms with E-state index in [1.165, 1.54) is 0 Å². The van der Waals surface area contributed by atoms with Gasteiger partial charge in [-0.15, -0.1) is 11.6 Å². The van der Waals surface area contributed by atoms with Crippen molar-refractivity contribution in [2.45, 2.75) is 5.38 Å². The molecule has 3 nitrogen and oxygen atoms in total. The van der Waals surface area contributed by atoms with Crippen LogP contribution in [-0.2, 0) is 4.79 Å². The van der Waals surface area contributed by atoms with Crippen LogP contribution in [0.15, 0.2) is 36.4 Å². The van der Waals surface area contributed by atoms with Gasteiger partial charge >= 0.3 is 0 Å². The molecule has 3 rings (SSSR count). The second-order valence-electron chi connectivity index (χ2n) is 4.60. The molecule has 0 bridgehead atoms. The summed E-state index contributed by atoms with van der Waals surface area (Å²) in [6.07, 6.45) is 0. The zero-order valence-electron chi connectivity index (χ0n) is 10.7. The third kappa shape index (κ3) is 2.82. The number of amides is 1. The van der Waals surface area contributed by atoms with E-state index >= 15 is 0 Å². The molecule has 6 heteroatoms. The molecule has 1 heterocycles. The molecule has 108 valence electrons. The van der Waals surface area contributed by atoms with Gasteiger partial charge in [0.1, 0.15) is 5.75 Å². The van der Waals surface area contributed by atoms with E-state index in [4.69, 9.17) is 39.5 Å². The quantitative estimate of drug-likeness (QED) is 0.807. The Bertz CT molecular complexity index is 718. The summed E-state index contributed by atoms with van der Waals surface area (Å²) >= 11 is 18.7. The number of halogens is 3. The molecule has 0 saturated carbocycles. The molecule has 1 aliphatic rings. The number of benzene rings is 2. The SMILES string of the molecule is O=C1COc2ccc(C(Cl)c3cccc(Cl)c3Cl)cc2N1. The maximum atomic E-state index is 11.4. The molecule has 0 aliphatic carbocycles. The Labute approximate surface area is 136 Å². The minimum Gasteiger partial charge on any atom is -0.482 e. The summed E-state index contributed by atoms with van der Waals surface area (Å²) < 4.78 is 5.32. The third-order valence-electron chi connectivity index (χ3n) is 3.18. The molecule has 2 aromatic carbocycles. The van der Waals surface area contributed by atoms with Crippen molar-refractivity contribution < 1.29 is 9.53 Å². The fourth-order valence-electron chi connectivity index (χ4n) is 2.15. The summed E-state index contributed by atoms with van der Waals surface area (Å²) in [5, 5.41) is 3.16. The molecule has 0 radical (unpaired) electrons. The predicted octanol–water partition coefficient (Wildman–Crippen LogP) is 4.65. The lowest BCUT2D eigenvalue weighted by Gasteiger charge is -2.20. The summed E-state index contributed by atoms with van der Waals surface area (Å²) in [5.74, 6) is 0.436. The van der Waals surface area contributed by atoms with Crippen molar-refractivity contribution in [3.8, 4) is 5.75 Å². The van der Waals surface area contributed by atoms with Gasteiger partial charge in [-0.25, -0.2) is 0 Å². The van der Waals surface area contributed by atoms with E-state index in [0.717, 1.165) is 5.56 Å². The topological polar surface area (TPSA) is 38.3 Å². The number of hydrogen-bond donors (Lipinski definition) is 1. The van der Waals surface area contributed by atoms with Gasteiger partial charge in [0.15, 0.2) is 6.61 Å². The fraction of sp³-hybridized carbons (Fsp3) is 0.133. The molecule has 1 aliphatic heterocycles. The van der Waals surface area contributed by atoms with E-state index in [1.54, 1.807) is 24.3 Å². The summed E-state index contributed by atoms with van der Waals surface area (Å²) in [6.45, 7) is 0.0246. The molecule has 0 saturated heterocycles. The van der Waals surface area contributed by atoms with Gasteiger partial charge in [-0.05, 0) is 29.3 Å². The zero-order chi connectivity index (χ0) is 15.0. The van der Waals surface area contributed by atoms with Crippen molar-refractivity contribution in [1.82, 2.24) is 0 Å². The van der Waals surface area contributed by atoms with E-state index in [-0.39, 0.29) is 12.5 Å². The Hall–Kier alpha value is -1.42. The Morgan fingerprint density at radius 2 is 2.00 bits per heavy atom. The van der Waals surface area contributed by atoms with Crippen LogP contribution < -0.4 is 10.1 Å². The molecule has 1 unspecified atom stereocenters. The summed E-state index contributed by atoms with van der Waals surface area (Å²) in [4.78, 5) is 11.4. The van der Waals surface area contributed by atoms with Crippen molar-refractivity contribution in [3.05, 3.63) is 57.6 Å². The van der Waals surface area contributed by atoms with Gasteiger partial charge in [-0.1, -0.05) is 41.4 Å². The van der Waals surface area contributed by atoms with Gasteiger partial charge in [-0.3, -0.25) is 4.79 Å². The number of anilines is 1. The number of fused-ring (bicyclic) bond motifs is 1. The second-order valence-corrected chi connectivity index (χ2v) is 5.82. The van der Waals surface area contributed by atoms with Crippen LogP contribution in [0.4, 0.5) is 5.69 Å². The zero-order valence-corrected chi connectivity index (χ0v) is 13.0. The largest absolute Gasteiger partial charge is 0.482 e. The van der Waals surface area contributed by atoms with Crippen molar-refractivity contribution >= 4 is 46.4 Å². The summed E-state index contributed by atoms with van der Waals surface area (Å²) in [6, 6.07) is 10.7. The highest BCUT2D eigenvalue weighted by Crippen LogP contribution is 2.39. The average Bonchev–Trinajstić information content (AvgIpc) is 2.48. The van der Waals surface area contributed by atoms with Crippen molar-refractivity contribution in [2.75, 3.05) is 11.9 Å². The van der Waals surface area contributed by atoms with Gasteiger partial charge in [0, 0.05) is 0 Å². The van der Waals surface area contributed by atoms with Crippen molar-refractivity contribution in [2.24, 2.45) is 0 Å². The predicted molar refractivity (Wildman–Crippen MR) is 84.7 cm³/mol.